The summed E-state index contributed by atoms with van der Waals surface area (Å²) < 4.78 is 10.4. The van der Waals surface area contributed by atoms with Gasteiger partial charge in [0.2, 0.25) is 0 Å². The molecule has 0 bridgehead atoms. The zero-order valence-electron chi connectivity index (χ0n) is 9.14. The number of pyridine rings is 1. The molecule has 0 spiro atoms. The standard InChI is InChI=1S/C11H17NO3/c1-3-6-15-8-10(13)9-4-5-12-7-11(9)14-2/h4-5,7,10,13H,3,6,8H2,1-2H3. The third kappa shape index (κ3) is 3.49. The van der Waals surface area contributed by atoms with Gasteiger partial charge in [-0.05, 0) is 12.5 Å². The monoisotopic (exact) mass is 211 g/mol. The Kier molecular flexibility index (Phi) is 5.07. The summed E-state index contributed by atoms with van der Waals surface area (Å²) in [7, 11) is 1.56. The molecule has 1 aromatic heterocycles. The van der Waals surface area contributed by atoms with Crippen molar-refractivity contribution in [3.05, 3.63) is 24.0 Å². The van der Waals surface area contributed by atoms with Gasteiger partial charge in [-0.1, -0.05) is 6.92 Å². The maximum atomic E-state index is 9.83. The molecule has 0 aromatic carbocycles. The van der Waals surface area contributed by atoms with E-state index in [1.807, 2.05) is 6.92 Å². The van der Waals surface area contributed by atoms with Gasteiger partial charge in [-0.25, -0.2) is 0 Å². The third-order valence-electron chi connectivity index (χ3n) is 2.02. The van der Waals surface area contributed by atoms with E-state index in [9.17, 15) is 5.11 Å². The van der Waals surface area contributed by atoms with Crippen molar-refractivity contribution in [2.75, 3.05) is 20.3 Å². The van der Waals surface area contributed by atoms with Crippen molar-refractivity contribution < 1.29 is 14.6 Å². The minimum absolute atomic E-state index is 0.286. The van der Waals surface area contributed by atoms with Crippen molar-refractivity contribution in [1.29, 1.82) is 0 Å². The van der Waals surface area contributed by atoms with Gasteiger partial charge in [-0.3, -0.25) is 4.98 Å². The first-order valence-electron chi connectivity index (χ1n) is 5.03. The number of aliphatic hydroxyl groups excluding tert-OH is 1. The Labute approximate surface area is 89.9 Å². The molecule has 0 saturated carbocycles. The number of nitrogens with zero attached hydrogens (tertiary/aromatic N) is 1. The molecular formula is C11H17NO3. The molecule has 0 aliphatic heterocycles. The van der Waals surface area contributed by atoms with E-state index < -0.39 is 6.10 Å². The molecule has 1 N–H and O–H groups in total. The number of hydrogen-bond donors (Lipinski definition) is 1. The summed E-state index contributed by atoms with van der Waals surface area (Å²) in [4.78, 5) is 3.92. The topological polar surface area (TPSA) is 51.6 Å². The second-order valence-corrected chi connectivity index (χ2v) is 3.21. The van der Waals surface area contributed by atoms with E-state index in [0.717, 1.165) is 6.42 Å². The van der Waals surface area contributed by atoms with Crippen molar-refractivity contribution in [2.45, 2.75) is 19.4 Å². The first-order valence-corrected chi connectivity index (χ1v) is 5.03. The van der Waals surface area contributed by atoms with Gasteiger partial charge in [0.05, 0.1) is 19.9 Å². The Morgan fingerprint density at radius 2 is 2.33 bits per heavy atom. The van der Waals surface area contributed by atoms with Crippen LogP contribution in [0.5, 0.6) is 5.75 Å². The highest BCUT2D eigenvalue weighted by atomic mass is 16.5. The maximum absolute atomic E-state index is 9.83. The van der Waals surface area contributed by atoms with Crippen molar-refractivity contribution >= 4 is 0 Å². The van der Waals surface area contributed by atoms with Crippen LogP contribution >= 0.6 is 0 Å². The first kappa shape index (κ1) is 11.9. The van der Waals surface area contributed by atoms with Crippen LogP contribution in [0.3, 0.4) is 0 Å². The second-order valence-electron chi connectivity index (χ2n) is 3.21. The lowest BCUT2D eigenvalue weighted by atomic mass is 10.1. The van der Waals surface area contributed by atoms with Gasteiger partial charge in [-0.2, -0.15) is 0 Å². The zero-order chi connectivity index (χ0) is 11.1. The largest absolute Gasteiger partial charge is 0.495 e. The Morgan fingerprint density at radius 3 is 3.00 bits per heavy atom. The van der Waals surface area contributed by atoms with Gasteiger partial charge < -0.3 is 14.6 Å². The number of aliphatic hydroxyl groups is 1. The molecule has 0 aliphatic carbocycles. The van der Waals surface area contributed by atoms with E-state index in [1.54, 1.807) is 25.6 Å². The molecule has 1 unspecified atom stereocenters. The van der Waals surface area contributed by atoms with Gasteiger partial charge in [-0.15, -0.1) is 0 Å². The summed E-state index contributed by atoms with van der Waals surface area (Å²) in [5.74, 6) is 0.588. The van der Waals surface area contributed by atoms with E-state index in [4.69, 9.17) is 9.47 Å². The molecule has 1 atom stereocenters. The molecule has 0 radical (unpaired) electrons. The summed E-state index contributed by atoms with van der Waals surface area (Å²) in [6, 6.07) is 1.73. The van der Waals surface area contributed by atoms with E-state index in [-0.39, 0.29) is 6.61 Å². The summed E-state index contributed by atoms with van der Waals surface area (Å²) in [5, 5.41) is 9.83. The van der Waals surface area contributed by atoms with Gasteiger partial charge in [0.1, 0.15) is 11.9 Å². The minimum atomic E-state index is -0.658. The average molecular weight is 211 g/mol. The Bertz CT molecular complexity index is 291. The second kappa shape index (κ2) is 6.37. The normalized spacial score (nSPS) is 12.5. The fourth-order valence-corrected chi connectivity index (χ4v) is 1.27. The number of methoxy groups -OCH3 is 1. The molecule has 0 aliphatic rings. The van der Waals surface area contributed by atoms with E-state index in [0.29, 0.717) is 17.9 Å². The Morgan fingerprint density at radius 1 is 1.53 bits per heavy atom. The van der Waals surface area contributed by atoms with Gasteiger partial charge >= 0.3 is 0 Å². The fourth-order valence-electron chi connectivity index (χ4n) is 1.27. The highest BCUT2D eigenvalue weighted by Crippen LogP contribution is 2.23. The molecule has 1 aromatic rings. The minimum Gasteiger partial charge on any atom is -0.495 e. The van der Waals surface area contributed by atoms with Gasteiger partial charge in [0.15, 0.2) is 0 Å². The van der Waals surface area contributed by atoms with Crippen molar-refractivity contribution in [1.82, 2.24) is 4.98 Å². The van der Waals surface area contributed by atoms with E-state index in [2.05, 4.69) is 4.98 Å². The van der Waals surface area contributed by atoms with Crippen LogP contribution in [0.2, 0.25) is 0 Å². The van der Waals surface area contributed by atoms with Crippen LogP contribution < -0.4 is 4.74 Å². The number of hydrogen-bond acceptors (Lipinski definition) is 4. The molecule has 1 heterocycles. The van der Waals surface area contributed by atoms with Crippen LogP contribution in [-0.2, 0) is 4.74 Å². The van der Waals surface area contributed by atoms with Crippen molar-refractivity contribution in [3.63, 3.8) is 0 Å². The SMILES string of the molecule is CCCOCC(O)c1ccncc1OC. The summed E-state index contributed by atoms with van der Waals surface area (Å²) in [5.41, 5.74) is 0.712. The Hall–Kier alpha value is -1.13. The lowest BCUT2D eigenvalue weighted by molar-refractivity contribution is 0.0351. The van der Waals surface area contributed by atoms with Gasteiger partial charge in [0.25, 0.3) is 0 Å². The third-order valence-corrected chi connectivity index (χ3v) is 2.02. The van der Waals surface area contributed by atoms with E-state index >= 15 is 0 Å². The van der Waals surface area contributed by atoms with Crippen LogP contribution in [0.4, 0.5) is 0 Å². The summed E-state index contributed by atoms with van der Waals surface area (Å²) in [6.07, 6.45) is 3.49. The number of ether oxygens (including phenoxy) is 2. The van der Waals surface area contributed by atoms with Crippen LogP contribution in [0, 0.1) is 0 Å². The maximum Gasteiger partial charge on any atom is 0.143 e. The molecular weight excluding hydrogens is 194 g/mol. The van der Waals surface area contributed by atoms with E-state index in [1.165, 1.54) is 0 Å². The van der Waals surface area contributed by atoms with Crippen LogP contribution in [-0.4, -0.2) is 30.4 Å². The van der Waals surface area contributed by atoms with Crippen LogP contribution in [0.15, 0.2) is 18.5 Å². The summed E-state index contributed by atoms with van der Waals surface area (Å²) in [6.45, 7) is 2.97. The predicted octanol–water partition coefficient (Wildman–Crippen LogP) is 1.55. The Balaban J connectivity index is 2.59. The molecule has 84 valence electrons. The quantitative estimate of drug-likeness (QED) is 0.725. The smallest absolute Gasteiger partial charge is 0.143 e. The fraction of sp³-hybridized carbons (Fsp3) is 0.545. The zero-order valence-corrected chi connectivity index (χ0v) is 9.14. The molecule has 4 heteroatoms. The molecule has 4 nitrogen and oxygen atoms in total. The van der Waals surface area contributed by atoms with Crippen molar-refractivity contribution in [3.8, 4) is 5.75 Å². The van der Waals surface area contributed by atoms with Crippen LogP contribution in [0.1, 0.15) is 25.0 Å². The van der Waals surface area contributed by atoms with Crippen molar-refractivity contribution in [2.24, 2.45) is 0 Å². The highest BCUT2D eigenvalue weighted by Gasteiger charge is 2.12. The van der Waals surface area contributed by atoms with Gasteiger partial charge in [0, 0.05) is 18.4 Å². The van der Waals surface area contributed by atoms with Crippen LogP contribution in [0.25, 0.3) is 0 Å². The predicted molar refractivity (Wildman–Crippen MR) is 56.9 cm³/mol. The molecule has 15 heavy (non-hydrogen) atoms. The number of aromatic nitrogens is 1. The first-order chi connectivity index (χ1) is 7.29. The lowest BCUT2D eigenvalue weighted by Crippen LogP contribution is -2.09. The highest BCUT2D eigenvalue weighted by molar-refractivity contribution is 5.31. The lowest BCUT2D eigenvalue weighted by Gasteiger charge is -2.14. The average Bonchev–Trinajstić information content (AvgIpc) is 2.29. The molecule has 0 fully saturated rings. The summed E-state index contributed by atoms with van der Waals surface area (Å²) >= 11 is 0. The molecule has 1 rings (SSSR count). The molecule has 0 amide bonds. The number of rotatable bonds is 6. The molecule has 0 saturated heterocycles.